The zero-order valence-corrected chi connectivity index (χ0v) is 9.09. The highest BCUT2D eigenvalue weighted by molar-refractivity contribution is 5.88. The Labute approximate surface area is 97.6 Å². The van der Waals surface area contributed by atoms with Gasteiger partial charge in [0.05, 0.1) is 0 Å². The maximum atomic E-state index is 10.8. The first-order valence-electron chi connectivity index (χ1n) is 5.12. The number of hydrogen-bond acceptors (Lipinski definition) is 5. The van der Waals surface area contributed by atoms with E-state index in [-0.39, 0.29) is 5.82 Å². The van der Waals surface area contributed by atoms with E-state index in [9.17, 15) is 4.79 Å². The summed E-state index contributed by atoms with van der Waals surface area (Å²) in [6, 6.07) is 7.55. The van der Waals surface area contributed by atoms with Crippen molar-refractivity contribution in [2.45, 2.75) is 12.8 Å². The molecule has 0 saturated carbocycles. The number of nitrogens with zero attached hydrogens (tertiary/aromatic N) is 2. The largest absolute Gasteiger partial charge is 0.399 e. The maximum Gasteiger partial charge on any atom is 0.290 e. The van der Waals surface area contributed by atoms with Gasteiger partial charge in [-0.3, -0.25) is 4.79 Å². The number of primary amides is 1. The highest BCUT2D eigenvalue weighted by atomic mass is 16.5. The minimum absolute atomic E-state index is 0.0963. The third-order valence-electron chi connectivity index (χ3n) is 2.35. The molecule has 1 aromatic carbocycles. The molecule has 6 heteroatoms. The number of anilines is 1. The van der Waals surface area contributed by atoms with Crippen molar-refractivity contribution in [3.63, 3.8) is 0 Å². The second kappa shape index (κ2) is 4.65. The minimum atomic E-state index is -0.695. The molecule has 0 atom stereocenters. The maximum absolute atomic E-state index is 10.8. The first-order valence-corrected chi connectivity index (χ1v) is 5.12. The van der Waals surface area contributed by atoms with Gasteiger partial charge in [0.15, 0.2) is 0 Å². The molecule has 0 aliphatic rings. The number of benzene rings is 1. The molecule has 0 unspecified atom stereocenters. The molecule has 0 fully saturated rings. The highest BCUT2D eigenvalue weighted by Gasteiger charge is 2.11. The van der Waals surface area contributed by atoms with E-state index in [1.54, 1.807) is 0 Å². The summed E-state index contributed by atoms with van der Waals surface area (Å²) in [7, 11) is 0. The molecular formula is C11H12N4O2. The third kappa shape index (κ3) is 2.60. The molecule has 0 saturated heterocycles. The first-order chi connectivity index (χ1) is 8.16. The number of amides is 1. The van der Waals surface area contributed by atoms with E-state index in [0.717, 1.165) is 11.3 Å². The monoisotopic (exact) mass is 232 g/mol. The van der Waals surface area contributed by atoms with E-state index >= 15 is 0 Å². The number of aromatic nitrogens is 2. The van der Waals surface area contributed by atoms with Crippen LogP contribution in [-0.2, 0) is 12.8 Å². The summed E-state index contributed by atoms with van der Waals surface area (Å²) in [5, 5.41) is 3.46. The number of nitrogens with two attached hydrogens (primary N) is 2. The van der Waals surface area contributed by atoms with Crippen molar-refractivity contribution in [1.29, 1.82) is 0 Å². The number of rotatable bonds is 4. The number of carbonyl (C=O) groups is 1. The Kier molecular flexibility index (Phi) is 3.04. The number of para-hydroxylation sites is 1. The van der Waals surface area contributed by atoms with Gasteiger partial charge in [-0.1, -0.05) is 23.4 Å². The van der Waals surface area contributed by atoms with Crippen LogP contribution in [0, 0.1) is 0 Å². The van der Waals surface area contributed by atoms with Crippen molar-refractivity contribution < 1.29 is 9.32 Å². The van der Waals surface area contributed by atoms with E-state index < -0.39 is 5.91 Å². The molecule has 1 amide bonds. The molecule has 2 aromatic rings. The van der Waals surface area contributed by atoms with Crippen LogP contribution in [0.2, 0.25) is 0 Å². The average molecular weight is 232 g/mol. The molecule has 6 nitrogen and oxygen atoms in total. The van der Waals surface area contributed by atoms with E-state index in [2.05, 4.69) is 10.1 Å². The lowest BCUT2D eigenvalue weighted by molar-refractivity contribution is 0.0987. The number of aryl methyl sites for hydroxylation is 2. The number of hydrogen-bond donors (Lipinski definition) is 2. The predicted molar refractivity (Wildman–Crippen MR) is 61.1 cm³/mol. The second-order valence-corrected chi connectivity index (χ2v) is 3.57. The fourth-order valence-electron chi connectivity index (χ4n) is 1.46. The Morgan fingerprint density at radius 3 is 2.71 bits per heavy atom. The van der Waals surface area contributed by atoms with Crippen LogP contribution >= 0.6 is 0 Å². The predicted octanol–water partition coefficient (Wildman–Crippen LogP) is 0.536. The van der Waals surface area contributed by atoms with Gasteiger partial charge in [0.2, 0.25) is 5.89 Å². The standard InChI is InChI=1S/C11H12N4O2/c12-8-4-2-1-3-7(8)5-6-9-14-11(10(13)16)15-17-9/h1-4H,5-6,12H2,(H2,13,16). The van der Waals surface area contributed by atoms with Crippen LogP contribution in [-0.4, -0.2) is 16.0 Å². The molecule has 88 valence electrons. The SMILES string of the molecule is NC(=O)c1noc(CCc2ccccc2N)n1. The van der Waals surface area contributed by atoms with Gasteiger partial charge in [-0.15, -0.1) is 0 Å². The van der Waals surface area contributed by atoms with Crippen molar-refractivity contribution in [3.05, 3.63) is 41.5 Å². The molecule has 0 radical (unpaired) electrons. The summed E-state index contributed by atoms with van der Waals surface area (Å²) in [6.45, 7) is 0. The summed E-state index contributed by atoms with van der Waals surface area (Å²) >= 11 is 0. The zero-order valence-electron chi connectivity index (χ0n) is 9.09. The molecule has 17 heavy (non-hydrogen) atoms. The van der Waals surface area contributed by atoms with Crippen LogP contribution in [0.1, 0.15) is 22.1 Å². The lowest BCUT2D eigenvalue weighted by atomic mass is 10.1. The Morgan fingerprint density at radius 2 is 2.06 bits per heavy atom. The van der Waals surface area contributed by atoms with Crippen LogP contribution < -0.4 is 11.5 Å². The Hall–Kier alpha value is -2.37. The summed E-state index contributed by atoms with van der Waals surface area (Å²) < 4.78 is 4.88. The molecule has 4 N–H and O–H groups in total. The number of carbonyl (C=O) groups excluding carboxylic acids is 1. The smallest absolute Gasteiger partial charge is 0.290 e. The summed E-state index contributed by atoms with van der Waals surface area (Å²) in [4.78, 5) is 14.6. The highest BCUT2D eigenvalue weighted by Crippen LogP contribution is 2.13. The quantitative estimate of drug-likeness (QED) is 0.748. The van der Waals surface area contributed by atoms with Gasteiger partial charge in [0.1, 0.15) is 0 Å². The van der Waals surface area contributed by atoms with Crippen molar-refractivity contribution in [2.24, 2.45) is 5.73 Å². The summed E-state index contributed by atoms with van der Waals surface area (Å²) in [5.41, 5.74) is 12.5. The Balaban J connectivity index is 2.02. The Bertz CT molecular complexity index is 536. The van der Waals surface area contributed by atoms with Gasteiger partial charge in [-0.05, 0) is 18.1 Å². The fraction of sp³-hybridized carbons (Fsp3) is 0.182. The minimum Gasteiger partial charge on any atom is -0.399 e. The molecule has 0 aliphatic heterocycles. The lowest BCUT2D eigenvalue weighted by Gasteiger charge is -2.02. The Morgan fingerprint density at radius 1 is 1.29 bits per heavy atom. The van der Waals surface area contributed by atoms with Gasteiger partial charge >= 0.3 is 0 Å². The van der Waals surface area contributed by atoms with Crippen LogP contribution in [0.25, 0.3) is 0 Å². The molecular weight excluding hydrogens is 220 g/mol. The van der Waals surface area contributed by atoms with Crippen LogP contribution in [0.3, 0.4) is 0 Å². The van der Waals surface area contributed by atoms with E-state index in [4.69, 9.17) is 16.0 Å². The van der Waals surface area contributed by atoms with Gasteiger partial charge < -0.3 is 16.0 Å². The van der Waals surface area contributed by atoms with Gasteiger partial charge in [0.25, 0.3) is 11.7 Å². The lowest BCUT2D eigenvalue weighted by Crippen LogP contribution is -2.12. The van der Waals surface area contributed by atoms with E-state index in [1.165, 1.54) is 0 Å². The first kappa shape index (κ1) is 11.1. The summed E-state index contributed by atoms with van der Waals surface area (Å²) in [6.07, 6.45) is 1.20. The molecule has 1 aromatic heterocycles. The second-order valence-electron chi connectivity index (χ2n) is 3.57. The van der Waals surface area contributed by atoms with Gasteiger partial charge in [-0.2, -0.15) is 4.98 Å². The molecule has 0 bridgehead atoms. The van der Waals surface area contributed by atoms with Crippen LogP contribution in [0.15, 0.2) is 28.8 Å². The van der Waals surface area contributed by atoms with Crippen LogP contribution in [0.4, 0.5) is 5.69 Å². The number of nitrogen functional groups attached to an aromatic ring is 1. The van der Waals surface area contributed by atoms with Crippen molar-refractivity contribution in [1.82, 2.24) is 10.1 Å². The van der Waals surface area contributed by atoms with E-state index in [1.807, 2.05) is 24.3 Å². The topological polar surface area (TPSA) is 108 Å². The summed E-state index contributed by atoms with van der Waals surface area (Å²) in [5.74, 6) is -0.415. The zero-order chi connectivity index (χ0) is 12.3. The molecule has 2 rings (SSSR count). The van der Waals surface area contributed by atoms with Crippen LogP contribution in [0.5, 0.6) is 0 Å². The fourth-order valence-corrected chi connectivity index (χ4v) is 1.46. The van der Waals surface area contributed by atoms with Crippen molar-refractivity contribution in [3.8, 4) is 0 Å². The average Bonchev–Trinajstić information content (AvgIpc) is 2.77. The van der Waals surface area contributed by atoms with E-state index in [0.29, 0.717) is 18.7 Å². The van der Waals surface area contributed by atoms with Gasteiger partial charge in [-0.25, -0.2) is 0 Å². The third-order valence-corrected chi connectivity index (χ3v) is 2.35. The van der Waals surface area contributed by atoms with Crippen molar-refractivity contribution in [2.75, 3.05) is 5.73 Å². The normalized spacial score (nSPS) is 10.4. The molecule has 0 aliphatic carbocycles. The van der Waals surface area contributed by atoms with Crippen molar-refractivity contribution >= 4 is 11.6 Å². The molecule has 1 heterocycles. The van der Waals surface area contributed by atoms with Gasteiger partial charge in [0, 0.05) is 12.1 Å². The molecule has 0 spiro atoms.